The van der Waals surface area contributed by atoms with E-state index in [1.165, 1.54) is 22.9 Å². The maximum absolute atomic E-state index is 11.8. The minimum absolute atomic E-state index is 0.0914. The minimum Gasteiger partial charge on any atom is -0.478 e. The average molecular weight is 243 g/mol. The van der Waals surface area contributed by atoms with Crippen LogP contribution in [0.3, 0.4) is 0 Å². The van der Waals surface area contributed by atoms with Crippen molar-refractivity contribution in [2.75, 3.05) is 0 Å². The highest BCUT2D eigenvalue weighted by Gasteiger charge is 2.07. The van der Waals surface area contributed by atoms with Crippen LogP contribution in [0.2, 0.25) is 0 Å². The molecule has 0 atom stereocenters. The summed E-state index contributed by atoms with van der Waals surface area (Å²) in [6, 6.07) is 8.26. The smallest absolute Gasteiger partial charge is 0.337 e. The third kappa shape index (κ3) is 2.32. The van der Waals surface area contributed by atoms with Crippen LogP contribution in [0.15, 0.2) is 41.3 Å². The van der Waals surface area contributed by atoms with E-state index in [4.69, 9.17) is 5.11 Å². The standard InChI is InChI=1S/C14H13NO3/c1-9-5-10(2)7-12(6-9)15-8-11(14(17)18)3-4-13(15)16/h3-8H,1-2H3,(H,17,18). The van der Waals surface area contributed by atoms with Crippen molar-refractivity contribution in [1.29, 1.82) is 0 Å². The van der Waals surface area contributed by atoms with Crippen LogP contribution in [-0.4, -0.2) is 15.6 Å². The third-order valence-electron chi connectivity index (χ3n) is 2.64. The Morgan fingerprint density at radius 3 is 2.28 bits per heavy atom. The molecule has 0 aliphatic rings. The van der Waals surface area contributed by atoms with Gasteiger partial charge in [0, 0.05) is 18.0 Å². The quantitative estimate of drug-likeness (QED) is 0.879. The summed E-state index contributed by atoms with van der Waals surface area (Å²) < 4.78 is 1.35. The molecule has 0 saturated heterocycles. The molecule has 18 heavy (non-hydrogen) atoms. The van der Waals surface area contributed by atoms with Gasteiger partial charge in [-0.05, 0) is 43.2 Å². The van der Waals surface area contributed by atoms with Crippen molar-refractivity contribution in [3.63, 3.8) is 0 Å². The molecule has 1 heterocycles. The van der Waals surface area contributed by atoms with Gasteiger partial charge in [-0.25, -0.2) is 4.79 Å². The van der Waals surface area contributed by atoms with E-state index in [-0.39, 0.29) is 11.1 Å². The molecule has 0 saturated carbocycles. The van der Waals surface area contributed by atoms with Crippen LogP contribution in [0, 0.1) is 13.8 Å². The molecule has 2 rings (SSSR count). The van der Waals surface area contributed by atoms with Gasteiger partial charge < -0.3 is 5.11 Å². The molecular weight excluding hydrogens is 230 g/mol. The summed E-state index contributed by atoms with van der Waals surface area (Å²) in [6.45, 7) is 3.87. The second kappa shape index (κ2) is 4.49. The van der Waals surface area contributed by atoms with Gasteiger partial charge in [-0.3, -0.25) is 9.36 Å². The molecule has 4 heteroatoms. The molecule has 0 spiro atoms. The number of aryl methyl sites for hydroxylation is 2. The lowest BCUT2D eigenvalue weighted by atomic mass is 10.1. The topological polar surface area (TPSA) is 59.3 Å². The first-order valence-electron chi connectivity index (χ1n) is 5.52. The van der Waals surface area contributed by atoms with E-state index < -0.39 is 5.97 Å². The molecule has 0 amide bonds. The van der Waals surface area contributed by atoms with Crippen molar-refractivity contribution in [3.8, 4) is 5.69 Å². The highest BCUT2D eigenvalue weighted by Crippen LogP contribution is 2.12. The second-order valence-electron chi connectivity index (χ2n) is 4.28. The van der Waals surface area contributed by atoms with Crippen molar-refractivity contribution < 1.29 is 9.90 Å². The molecule has 1 aromatic heterocycles. The predicted octanol–water partition coefficient (Wildman–Crippen LogP) is 2.15. The Balaban J connectivity index is 2.66. The molecule has 92 valence electrons. The second-order valence-corrected chi connectivity index (χ2v) is 4.28. The van der Waals surface area contributed by atoms with Gasteiger partial charge in [0.15, 0.2) is 0 Å². The minimum atomic E-state index is -1.05. The fourth-order valence-electron chi connectivity index (χ4n) is 1.91. The van der Waals surface area contributed by atoms with Crippen molar-refractivity contribution in [3.05, 3.63) is 63.6 Å². The largest absolute Gasteiger partial charge is 0.478 e. The first kappa shape index (κ1) is 12.1. The lowest BCUT2D eigenvalue weighted by molar-refractivity contribution is 0.0696. The number of nitrogens with zero attached hydrogens (tertiary/aromatic N) is 1. The van der Waals surface area contributed by atoms with E-state index in [1.807, 2.05) is 32.0 Å². The Kier molecular flexibility index (Phi) is 3.02. The lowest BCUT2D eigenvalue weighted by Gasteiger charge is -2.08. The number of aromatic carboxylic acids is 1. The predicted molar refractivity (Wildman–Crippen MR) is 68.5 cm³/mol. The highest BCUT2D eigenvalue weighted by molar-refractivity contribution is 5.87. The van der Waals surface area contributed by atoms with Gasteiger partial charge in [0.2, 0.25) is 0 Å². The van der Waals surface area contributed by atoms with Crippen molar-refractivity contribution in [2.24, 2.45) is 0 Å². The number of aromatic nitrogens is 1. The van der Waals surface area contributed by atoms with Crippen molar-refractivity contribution >= 4 is 5.97 Å². The number of carboxylic acids is 1. The highest BCUT2D eigenvalue weighted by atomic mass is 16.4. The number of hydrogen-bond donors (Lipinski definition) is 1. The van der Waals surface area contributed by atoms with Gasteiger partial charge in [-0.1, -0.05) is 6.07 Å². The maximum Gasteiger partial charge on any atom is 0.337 e. The molecule has 0 radical (unpaired) electrons. The van der Waals surface area contributed by atoms with Gasteiger partial charge in [0.25, 0.3) is 5.56 Å². The molecule has 4 nitrogen and oxygen atoms in total. The first-order chi connectivity index (χ1) is 8.47. The van der Waals surface area contributed by atoms with Gasteiger partial charge in [0.05, 0.1) is 5.56 Å². The molecule has 0 fully saturated rings. The van der Waals surface area contributed by atoms with Crippen LogP contribution in [0.25, 0.3) is 5.69 Å². The van der Waals surface area contributed by atoms with Crippen LogP contribution >= 0.6 is 0 Å². The number of pyridine rings is 1. The Labute approximate surface area is 104 Å². The third-order valence-corrected chi connectivity index (χ3v) is 2.64. The number of rotatable bonds is 2. The Morgan fingerprint density at radius 1 is 1.11 bits per heavy atom. The summed E-state index contributed by atoms with van der Waals surface area (Å²) in [5.74, 6) is -1.05. The number of carbonyl (C=O) groups is 1. The van der Waals surface area contributed by atoms with E-state index >= 15 is 0 Å². The zero-order valence-electron chi connectivity index (χ0n) is 10.2. The summed E-state index contributed by atoms with van der Waals surface area (Å²) in [6.07, 6.45) is 1.35. The number of benzene rings is 1. The molecule has 0 bridgehead atoms. The average Bonchev–Trinajstić information content (AvgIpc) is 2.27. The molecule has 1 aromatic carbocycles. The van der Waals surface area contributed by atoms with Gasteiger partial charge in [-0.2, -0.15) is 0 Å². The number of hydrogen-bond acceptors (Lipinski definition) is 2. The summed E-state index contributed by atoms with van der Waals surface area (Å²) in [5.41, 5.74) is 2.58. The molecule has 0 aliphatic carbocycles. The molecule has 0 unspecified atom stereocenters. The van der Waals surface area contributed by atoms with Gasteiger partial charge in [0.1, 0.15) is 0 Å². The van der Waals surface area contributed by atoms with E-state index in [9.17, 15) is 9.59 Å². The van der Waals surface area contributed by atoms with Crippen molar-refractivity contribution in [1.82, 2.24) is 4.57 Å². The van der Waals surface area contributed by atoms with E-state index in [0.29, 0.717) is 5.69 Å². The van der Waals surface area contributed by atoms with Crippen LogP contribution < -0.4 is 5.56 Å². The fourth-order valence-corrected chi connectivity index (χ4v) is 1.91. The zero-order valence-corrected chi connectivity index (χ0v) is 10.2. The summed E-state index contributed by atoms with van der Waals surface area (Å²) in [5, 5.41) is 8.94. The summed E-state index contributed by atoms with van der Waals surface area (Å²) >= 11 is 0. The fraction of sp³-hybridized carbons (Fsp3) is 0.143. The van der Waals surface area contributed by atoms with Crippen LogP contribution in [0.4, 0.5) is 0 Å². The van der Waals surface area contributed by atoms with Gasteiger partial charge in [-0.15, -0.1) is 0 Å². The number of carboxylic acid groups (broad SMARTS) is 1. The normalized spacial score (nSPS) is 10.3. The van der Waals surface area contributed by atoms with E-state index in [0.717, 1.165) is 11.1 Å². The Bertz CT molecular complexity index is 651. The van der Waals surface area contributed by atoms with Crippen LogP contribution in [0.5, 0.6) is 0 Å². The van der Waals surface area contributed by atoms with E-state index in [2.05, 4.69) is 0 Å². The SMILES string of the molecule is Cc1cc(C)cc(-n2cc(C(=O)O)ccc2=O)c1. The van der Waals surface area contributed by atoms with Crippen molar-refractivity contribution in [2.45, 2.75) is 13.8 Å². The molecule has 0 aliphatic heterocycles. The van der Waals surface area contributed by atoms with Crippen LogP contribution in [-0.2, 0) is 0 Å². The van der Waals surface area contributed by atoms with Crippen LogP contribution in [0.1, 0.15) is 21.5 Å². The monoisotopic (exact) mass is 243 g/mol. The molecule has 2 aromatic rings. The lowest BCUT2D eigenvalue weighted by Crippen LogP contribution is -2.18. The summed E-state index contributed by atoms with van der Waals surface area (Å²) in [7, 11) is 0. The summed E-state index contributed by atoms with van der Waals surface area (Å²) in [4.78, 5) is 22.7. The van der Waals surface area contributed by atoms with E-state index in [1.54, 1.807) is 0 Å². The first-order valence-corrected chi connectivity index (χ1v) is 5.52. The van der Waals surface area contributed by atoms with Gasteiger partial charge >= 0.3 is 5.97 Å². The zero-order chi connectivity index (χ0) is 13.3. The Hall–Kier alpha value is -2.36. The molecular formula is C14H13NO3. The molecule has 1 N–H and O–H groups in total. The maximum atomic E-state index is 11.8. The Morgan fingerprint density at radius 2 is 1.72 bits per heavy atom.